The summed E-state index contributed by atoms with van der Waals surface area (Å²) < 4.78 is 0. The van der Waals surface area contributed by atoms with E-state index in [0.717, 1.165) is 26.2 Å². The summed E-state index contributed by atoms with van der Waals surface area (Å²) >= 11 is 0. The van der Waals surface area contributed by atoms with Gasteiger partial charge in [0.05, 0.1) is 0 Å². The average Bonchev–Trinajstić information content (AvgIpc) is 2.17. The minimum Gasteiger partial charge on any atom is -0.340 e. The molecule has 1 saturated heterocycles. The Balaban J connectivity index is 2.30. The van der Waals surface area contributed by atoms with Crippen molar-refractivity contribution in [2.75, 3.05) is 32.8 Å². The molecule has 2 N–H and O–H groups in total. The Labute approximate surface area is 73.3 Å². The molecule has 1 amide bonds. The van der Waals surface area contributed by atoms with Crippen LogP contribution in [0.25, 0.3) is 0 Å². The summed E-state index contributed by atoms with van der Waals surface area (Å²) in [6.45, 7) is 6.02. The van der Waals surface area contributed by atoms with Crippen molar-refractivity contribution >= 4 is 5.91 Å². The van der Waals surface area contributed by atoms with Crippen LogP contribution in [0.5, 0.6) is 0 Å². The Hall–Kier alpha value is -0.610. The lowest BCUT2D eigenvalue weighted by Crippen LogP contribution is -2.49. The zero-order valence-electron chi connectivity index (χ0n) is 7.62. The first-order valence-electron chi connectivity index (χ1n) is 4.48. The van der Waals surface area contributed by atoms with Gasteiger partial charge in [0, 0.05) is 39.3 Å². The van der Waals surface area contributed by atoms with E-state index >= 15 is 0 Å². The van der Waals surface area contributed by atoms with E-state index in [-0.39, 0.29) is 5.91 Å². The summed E-state index contributed by atoms with van der Waals surface area (Å²) in [5.74, 6) is 0.256. The second kappa shape index (κ2) is 4.42. The molecule has 1 rings (SSSR count). The number of nitrogens with two attached hydrogens (primary N) is 1. The minimum absolute atomic E-state index is 0.256. The van der Waals surface area contributed by atoms with E-state index in [1.54, 1.807) is 0 Å². The first kappa shape index (κ1) is 9.48. The monoisotopic (exact) mass is 171 g/mol. The maximum Gasteiger partial charge on any atom is 0.222 e. The van der Waals surface area contributed by atoms with Crippen LogP contribution >= 0.6 is 0 Å². The first-order chi connectivity index (χ1) is 5.77. The fourth-order valence-electron chi connectivity index (χ4n) is 1.40. The van der Waals surface area contributed by atoms with Gasteiger partial charge in [-0.05, 0) is 0 Å². The van der Waals surface area contributed by atoms with Crippen molar-refractivity contribution in [2.45, 2.75) is 13.3 Å². The number of hydrogen-bond donors (Lipinski definition) is 1. The third-order valence-corrected chi connectivity index (χ3v) is 2.29. The standard InChI is InChI=1S/C8H17N3O/c1-2-8(12)11-5-3-10(7-9)4-6-11/h2-7,9H2,1H3. The average molecular weight is 171 g/mol. The predicted molar refractivity (Wildman–Crippen MR) is 47.5 cm³/mol. The van der Waals surface area contributed by atoms with Crippen LogP contribution in [0.4, 0.5) is 0 Å². The molecule has 12 heavy (non-hydrogen) atoms. The third-order valence-electron chi connectivity index (χ3n) is 2.29. The van der Waals surface area contributed by atoms with Gasteiger partial charge in [-0.15, -0.1) is 0 Å². The summed E-state index contributed by atoms with van der Waals surface area (Å²) in [6.07, 6.45) is 0.614. The molecule has 70 valence electrons. The van der Waals surface area contributed by atoms with E-state index in [4.69, 9.17) is 5.73 Å². The molecule has 0 spiro atoms. The first-order valence-corrected chi connectivity index (χ1v) is 4.48. The molecule has 0 unspecified atom stereocenters. The van der Waals surface area contributed by atoms with Crippen LogP contribution in [0.3, 0.4) is 0 Å². The predicted octanol–water partition coefficient (Wildman–Crippen LogP) is -0.543. The van der Waals surface area contributed by atoms with Crippen LogP contribution < -0.4 is 5.73 Å². The smallest absolute Gasteiger partial charge is 0.222 e. The summed E-state index contributed by atoms with van der Waals surface area (Å²) in [7, 11) is 0. The van der Waals surface area contributed by atoms with E-state index in [2.05, 4.69) is 4.90 Å². The molecule has 0 aliphatic carbocycles. The molecule has 4 nitrogen and oxygen atoms in total. The zero-order valence-corrected chi connectivity index (χ0v) is 7.62. The van der Waals surface area contributed by atoms with Crippen LogP contribution in [-0.4, -0.2) is 48.6 Å². The molecule has 1 fully saturated rings. The van der Waals surface area contributed by atoms with Crippen LogP contribution in [0.15, 0.2) is 0 Å². The number of carbonyl (C=O) groups is 1. The van der Waals surface area contributed by atoms with Gasteiger partial charge >= 0.3 is 0 Å². The highest BCUT2D eigenvalue weighted by atomic mass is 16.2. The Morgan fingerprint density at radius 3 is 2.33 bits per heavy atom. The second-order valence-electron chi connectivity index (χ2n) is 3.03. The summed E-state index contributed by atoms with van der Waals surface area (Å²) in [5.41, 5.74) is 5.48. The fourth-order valence-corrected chi connectivity index (χ4v) is 1.40. The van der Waals surface area contributed by atoms with Gasteiger partial charge < -0.3 is 10.6 Å². The summed E-state index contributed by atoms with van der Waals surface area (Å²) in [6, 6.07) is 0. The number of nitrogens with zero attached hydrogens (tertiary/aromatic N) is 2. The van der Waals surface area contributed by atoms with E-state index in [1.807, 2.05) is 11.8 Å². The molecule has 0 radical (unpaired) electrons. The lowest BCUT2D eigenvalue weighted by molar-refractivity contribution is -0.132. The third kappa shape index (κ3) is 2.19. The summed E-state index contributed by atoms with van der Waals surface area (Å²) in [4.78, 5) is 15.3. The maximum atomic E-state index is 11.2. The molecular weight excluding hydrogens is 154 g/mol. The molecule has 1 aliphatic rings. The Bertz CT molecular complexity index is 152. The SMILES string of the molecule is CCC(=O)N1CCN(CN)CC1. The van der Waals surface area contributed by atoms with Gasteiger partial charge in [-0.25, -0.2) is 0 Å². The molecular formula is C8H17N3O. The maximum absolute atomic E-state index is 11.2. The number of piperazine rings is 1. The van der Waals surface area contributed by atoms with Crippen LogP contribution in [-0.2, 0) is 4.79 Å². The lowest BCUT2D eigenvalue weighted by Gasteiger charge is -2.33. The van der Waals surface area contributed by atoms with Gasteiger partial charge in [0.25, 0.3) is 0 Å². The molecule has 4 heteroatoms. The number of hydrogen-bond acceptors (Lipinski definition) is 3. The molecule has 0 saturated carbocycles. The number of amides is 1. The lowest BCUT2D eigenvalue weighted by atomic mass is 10.3. The van der Waals surface area contributed by atoms with Gasteiger partial charge in [0.2, 0.25) is 5.91 Å². The number of rotatable bonds is 2. The second-order valence-corrected chi connectivity index (χ2v) is 3.03. The Morgan fingerprint density at radius 1 is 1.33 bits per heavy atom. The minimum atomic E-state index is 0.256. The topological polar surface area (TPSA) is 49.6 Å². The molecule has 0 aromatic rings. The van der Waals surface area contributed by atoms with Crippen molar-refractivity contribution in [3.8, 4) is 0 Å². The van der Waals surface area contributed by atoms with Gasteiger partial charge in [-0.3, -0.25) is 9.69 Å². The van der Waals surface area contributed by atoms with Crippen molar-refractivity contribution in [2.24, 2.45) is 5.73 Å². The van der Waals surface area contributed by atoms with Crippen LogP contribution in [0.1, 0.15) is 13.3 Å². The largest absolute Gasteiger partial charge is 0.340 e. The molecule has 0 aromatic carbocycles. The molecule has 0 atom stereocenters. The van der Waals surface area contributed by atoms with Crippen molar-refractivity contribution in [3.63, 3.8) is 0 Å². The van der Waals surface area contributed by atoms with Gasteiger partial charge in [0.1, 0.15) is 0 Å². The molecule has 1 aliphatic heterocycles. The number of carbonyl (C=O) groups excluding carboxylic acids is 1. The van der Waals surface area contributed by atoms with E-state index in [9.17, 15) is 4.79 Å². The summed E-state index contributed by atoms with van der Waals surface area (Å²) in [5, 5.41) is 0. The highest BCUT2D eigenvalue weighted by molar-refractivity contribution is 5.75. The molecule has 0 bridgehead atoms. The van der Waals surface area contributed by atoms with Crippen molar-refractivity contribution in [3.05, 3.63) is 0 Å². The van der Waals surface area contributed by atoms with Crippen molar-refractivity contribution in [1.29, 1.82) is 0 Å². The normalized spacial score (nSPS) is 19.7. The molecule has 1 heterocycles. The highest BCUT2D eigenvalue weighted by Gasteiger charge is 2.18. The van der Waals surface area contributed by atoms with Crippen LogP contribution in [0.2, 0.25) is 0 Å². The van der Waals surface area contributed by atoms with E-state index in [1.165, 1.54) is 0 Å². The van der Waals surface area contributed by atoms with E-state index < -0.39 is 0 Å². The van der Waals surface area contributed by atoms with Gasteiger partial charge in [-0.2, -0.15) is 0 Å². The van der Waals surface area contributed by atoms with Gasteiger partial charge in [0.15, 0.2) is 0 Å². The Morgan fingerprint density at radius 2 is 1.92 bits per heavy atom. The van der Waals surface area contributed by atoms with Crippen LogP contribution in [0, 0.1) is 0 Å². The van der Waals surface area contributed by atoms with Crippen molar-refractivity contribution < 1.29 is 4.79 Å². The highest BCUT2D eigenvalue weighted by Crippen LogP contribution is 2.01. The zero-order chi connectivity index (χ0) is 8.97. The van der Waals surface area contributed by atoms with Gasteiger partial charge in [-0.1, -0.05) is 6.92 Å². The fraction of sp³-hybridized carbons (Fsp3) is 0.875. The Kier molecular flexibility index (Phi) is 3.49. The van der Waals surface area contributed by atoms with Crippen molar-refractivity contribution in [1.82, 2.24) is 9.80 Å². The van der Waals surface area contributed by atoms with E-state index in [0.29, 0.717) is 13.1 Å². The quantitative estimate of drug-likeness (QED) is 0.607. The molecule has 0 aromatic heterocycles.